The third-order valence-corrected chi connectivity index (χ3v) is 7.52. The number of carbonyl (C=O) groups excluding carboxylic acids is 1. The second-order valence-corrected chi connectivity index (χ2v) is 10.8. The summed E-state index contributed by atoms with van der Waals surface area (Å²) in [4.78, 5) is 12.1. The van der Waals surface area contributed by atoms with Crippen LogP contribution in [0.25, 0.3) is 0 Å². The van der Waals surface area contributed by atoms with Crippen molar-refractivity contribution in [2.75, 3.05) is 19.9 Å². The number of amides is 1. The Morgan fingerprint density at radius 3 is 2.60 bits per heavy atom. The Bertz CT molecular complexity index is 1160. The lowest BCUT2D eigenvalue weighted by atomic mass is 9.98. The zero-order valence-electron chi connectivity index (χ0n) is 20.1. The summed E-state index contributed by atoms with van der Waals surface area (Å²) in [5.41, 5.74) is -1.04. The van der Waals surface area contributed by atoms with Crippen molar-refractivity contribution in [3.05, 3.63) is 54.1 Å². The highest BCUT2D eigenvalue weighted by molar-refractivity contribution is 7.89. The van der Waals surface area contributed by atoms with Crippen LogP contribution in [0.1, 0.15) is 38.7 Å². The number of fused-ring (bicyclic) bond motifs is 1. The van der Waals surface area contributed by atoms with Crippen LogP contribution >= 0.6 is 0 Å². The molecule has 0 spiro atoms. The molecule has 35 heavy (non-hydrogen) atoms. The molecule has 0 saturated heterocycles. The van der Waals surface area contributed by atoms with Gasteiger partial charge >= 0.3 is 0 Å². The number of sulfonamides is 1. The number of ether oxygens (including phenoxy) is 2. The van der Waals surface area contributed by atoms with E-state index in [4.69, 9.17) is 15.9 Å². The number of terminal acetylenes is 1. The molecule has 0 aromatic heterocycles. The Labute approximate surface area is 207 Å². The van der Waals surface area contributed by atoms with Crippen LogP contribution in [0.5, 0.6) is 11.5 Å². The van der Waals surface area contributed by atoms with Crippen LogP contribution in [-0.2, 0) is 21.2 Å². The molecule has 0 radical (unpaired) electrons. The molecule has 1 aliphatic rings. The summed E-state index contributed by atoms with van der Waals surface area (Å²) in [5, 5.41) is 14.7. The molecule has 3 rings (SSSR count). The largest absolute Gasteiger partial charge is 0.454 e. The lowest BCUT2D eigenvalue weighted by molar-refractivity contribution is -0.121. The fourth-order valence-electron chi connectivity index (χ4n) is 3.89. The fourth-order valence-corrected chi connectivity index (χ4v) is 5.74. The van der Waals surface area contributed by atoms with Crippen LogP contribution in [0.4, 0.5) is 0 Å². The number of nitrogens with zero attached hydrogens (tertiary/aromatic N) is 1. The van der Waals surface area contributed by atoms with E-state index in [1.165, 1.54) is 12.1 Å². The maximum absolute atomic E-state index is 13.9. The molecule has 0 aliphatic carbocycles. The number of rotatable bonds is 12. The summed E-state index contributed by atoms with van der Waals surface area (Å²) in [6, 6.07) is 13.6. The fraction of sp³-hybridized carbons (Fsp3) is 0.423. The smallest absolute Gasteiger partial charge is 0.245 e. The minimum absolute atomic E-state index is 0.00746. The number of carbonyl (C=O) groups is 1. The standard InChI is InChI=1S/C26H32N2O6S/c1-4-5-11-25(29)27-15-14-26(30,17-21-9-7-6-8-10-21)28(18-20(2)3)35(31,32)22-12-13-23-24(16-22)34-19-33-23/h1,6-10,12-13,16,20,30H,5,11,14-15,17-19H2,2-3H3,(H,27,29). The van der Waals surface area contributed by atoms with E-state index in [-0.39, 0.29) is 55.9 Å². The Morgan fingerprint density at radius 1 is 1.20 bits per heavy atom. The molecule has 9 heteroatoms. The predicted molar refractivity (Wildman–Crippen MR) is 132 cm³/mol. The molecule has 1 atom stereocenters. The van der Waals surface area contributed by atoms with Crippen LogP contribution in [0, 0.1) is 18.3 Å². The van der Waals surface area contributed by atoms with Crippen molar-refractivity contribution in [2.45, 2.75) is 50.2 Å². The molecule has 2 N–H and O–H groups in total. The van der Waals surface area contributed by atoms with Crippen molar-refractivity contribution in [3.63, 3.8) is 0 Å². The Hall–Kier alpha value is -3.06. The van der Waals surface area contributed by atoms with Crippen LogP contribution in [0.15, 0.2) is 53.4 Å². The molecule has 0 bridgehead atoms. The molecule has 1 unspecified atom stereocenters. The van der Waals surface area contributed by atoms with Crippen molar-refractivity contribution in [1.29, 1.82) is 0 Å². The van der Waals surface area contributed by atoms with E-state index < -0.39 is 15.7 Å². The summed E-state index contributed by atoms with van der Waals surface area (Å²) in [7, 11) is -4.15. The molecule has 188 valence electrons. The van der Waals surface area contributed by atoms with Gasteiger partial charge in [-0.3, -0.25) is 4.79 Å². The average molecular weight is 501 g/mol. The second-order valence-electron chi connectivity index (χ2n) is 8.89. The molecule has 1 aliphatic heterocycles. The second kappa shape index (κ2) is 11.6. The quantitative estimate of drug-likeness (QED) is 0.343. The van der Waals surface area contributed by atoms with Crippen LogP contribution < -0.4 is 14.8 Å². The highest BCUT2D eigenvalue weighted by atomic mass is 32.2. The van der Waals surface area contributed by atoms with Gasteiger partial charge in [-0.05, 0) is 23.6 Å². The molecular weight excluding hydrogens is 468 g/mol. The maximum atomic E-state index is 13.9. The first-order valence-corrected chi connectivity index (χ1v) is 13.0. The lowest BCUT2D eigenvalue weighted by Gasteiger charge is -2.40. The van der Waals surface area contributed by atoms with Gasteiger partial charge in [-0.15, -0.1) is 12.3 Å². The molecule has 8 nitrogen and oxygen atoms in total. The van der Waals surface area contributed by atoms with E-state index in [0.29, 0.717) is 17.9 Å². The van der Waals surface area contributed by atoms with E-state index in [1.807, 2.05) is 44.2 Å². The van der Waals surface area contributed by atoms with E-state index >= 15 is 0 Å². The van der Waals surface area contributed by atoms with E-state index in [1.54, 1.807) is 6.07 Å². The minimum atomic E-state index is -4.15. The van der Waals surface area contributed by atoms with Gasteiger partial charge in [-0.1, -0.05) is 44.2 Å². The van der Waals surface area contributed by atoms with Crippen LogP contribution in [0.2, 0.25) is 0 Å². The summed E-state index contributed by atoms with van der Waals surface area (Å²) in [5.74, 6) is 2.89. The Balaban J connectivity index is 1.96. The molecule has 1 amide bonds. The van der Waals surface area contributed by atoms with Crippen molar-refractivity contribution >= 4 is 15.9 Å². The number of hydrogen-bond donors (Lipinski definition) is 2. The summed E-state index contributed by atoms with van der Waals surface area (Å²) >= 11 is 0. The van der Waals surface area contributed by atoms with Gasteiger partial charge in [0.05, 0.1) is 4.90 Å². The minimum Gasteiger partial charge on any atom is -0.454 e. The van der Waals surface area contributed by atoms with Crippen molar-refractivity contribution in [3.8, 4) is 23.8 Å². The molecule has 0 fully saturated rings. The number of hydrogen-bond acceptors (Lipinski definition) is 6. The first-order chi connectivity index (χ1) is 16.7. The van der Waals surface area contributed by atoms with Gasteiger partial charge in [0.1, 0.15) is 5.72 Å². The molecule has 0 saturated carbocycles. The number of aliphatic hydroxyl groups is 1. The lowest BCUT2D eigenvalue weighted by Crippen LogP contribution is -2.55. The third-order valence-electron chi connectivity index (χ3n) is 5.60. The zero-order chi connectivity index (χ0) is 25.5. The zero-order valence-corrected chi connectivity index (χ0v) is 20.9. The van der Waals surface area contributed by atoms with Crippen LogP contribution in [0.3, 0.4) is 0 Å². The van der Waals surface area contributed by atoms with Gasteiger partial charge in [-0.2, -0.15) is 4.31 Å². The third kappa shape index (κ3) is 6.75. The van der Waals surface area contributed by atoms with E-state index in [0.717, 1.165) is 9.87 Å². The Kier molecular flexibility index (Phi) is 8.78. The molecular formula is C26H32N2O6S. The molecule has 2 aromatic rings. The van der Waals surface area contributed by atoms with E-state index in [9.17, 15) is 18.3 Å². The average Bonchev–Trinajstić information content (AvgIpc) is 3.29. The maximum Gasteiger partial charge on any atom is 0.245 e. The van der Waals surface area contributed by atoms with Crippen molar-refractivity contribution in [2.24, 2.45) is 5.92 Å². The van der Waals surface area contributed by atoms with Crippen molar-refractivity contribution < 1.29 is 27.8 Å². The normalized spacial score (nSPS) is 14.5. The summed E-state index contributed by atoms with van der Waals surface area (Å²) in [6.07, 6.45) is 5.73. The summed E-state index contributed by atoms with van der Waals surface area (Å²) < 4.78 is 39.6. The van der Waals surface area contributed by atoms with Crippen molar-refractivity contribution in [1.82, 2.24) is 9.62 Å². The summed E-state index contributed by atoms with van der Waals surface area (Å²) in [6.45, 7) is 3.94. The SMILES string of the molecule is C#CCCC(=O)NCCC(O)(Cc1ccccc1)N(CC(C)C)S(=O)(=O)c1ccc2c(c1)OCO2. The number of nitrogens with one attached hydrogen (secondary N) is 1. The molecule has 1 heterocycles. The van der Waals surface area contributed by atoms with Gasteiger partial charge in [0, 0.05) is 44.8 Å². The van der Waals surface area contributed by atoms with Gasteiger partial charge in [0.15, 0.2) is 11.5 Å². The van der Waals surface area contributed by atoms with Crippen LogP contribution in [-0.4, -0.2) is 49.3 Å². The number of benzene rings is 2. The predicted octanol–water partition coefficient (Wildman–Crippen LogP) is 2.91. The first-order valence-electron chi connectivity index (χ1n) is 11.5. The van der Waals surface area contributed by atoms with Gasteiger partial charge < -0.3 is 19.9 Å². The Morgan fingerprint density at radius 2 is 1.91 bits per heavy atom. The van der Waals surface area contributed by atoms with Gasteiger partial charge in [0.25, 0.3) is 0 Å². The molecule has 2 aromatic carbocycles. The topological polar surface area (TPSA) is 105 Å². The van der Waals surface area contributed by atoms with Gasteiger partial charge in [-0.25, -0.2) is 8.42 Å². The monoisotopic (exact) mass is 500 g/mol. The first kappa shape index (κ1) is 26.5. The highest BCUT2D eigenvalue weighted by Gasteiger charge is 2.43. The van der Waals surface area contributed by atoms with E-state index in [2.05, 4.69) is 11.2 Å². The van der Waals surface area contributed by atoms with Gasteiger partial charge in [0.2, 0.25) is 22.7 Å². The highest BCUT2D eigenvalue weighted by Crippen LogP contribution is 2.37.